The van der Waals surface area contributed by atoms with Gasteiger partial charge in [0.2, 0.25) is 0 Å². The molecule has 1 aromatic rings. The van der Waals surface area contributed by atoms with Crippen molar-refractivity contribution in [2.24, 2.45) is 11.7 Å². The Hall–Kier alpha value is -0.940. The van der Waals surface area contributed by atoms with Gasteiger partial charge in [-0.1, -0.05) is 19.8 Å². The molecule has 1 aliphatic carbocycles. The lowest BCUT2D eigenvalue weighted by Gasteiger charge is -2.29. The van der Waals surface area contributed by atoms with Gasteiger partial charge in [-0.15, -0.1) is 11.3 Å². The third-order valence-electron chi connectivity index (χ3n) is 3.57. The minimum Gasteiger partial charge on any atom is -0.348 e. The number of hydrogen-bond acceptors (Lipinski definition) is 4. The van der Waals surface area contributed by atoms with Crippen LogP contribution < -0.4 is 11.1 Å². The highest BCUT2D eigenvalue weighted by Gasteiger charge is 2.24. The zero-order valence-electron chi connectivity index (χ0n) is 11.0. The SMILES string of the molecule is CC(N)c1nc(C(=O)NC2CCCCC2C)cs1. The Morgan fingerprint density at radius 3 is 2.89 bits per heavy atom. The Bertz CT molecular complexity index is 416. The highest BCUT2D eigenvalue weighted by molar-refractivity contribution is 7.09. The molecule has 0 radical (unpaired) electrons. The number of aromatic nitrogens is 1. The molecule has 0 saturated heterocycles. The zero-order chi connectivity index (χ0) is 13.1. The van der Waals surface area contributed by atoms with Crippen molar-refractivity contribution in [2.75, 3.05) is 0 Å². The van der Waals surface area contributed by atoms with Crippen LogP contribution in [0.15, 0.2) is 5.38 Å². The van der Waals surface area contributed by atoms with Crippen molar-refractivity contribution in [2.45, 2.75) is 51.6 Å². The molecule has 100 valence electrons. The first-order valence-electron chi connectivity index (χ1n) is 6.60. The largest absolute Gasteiger partial charge is 0.348 e. The summed E-state index contributed by atoms with van der Waals surface area (Å²) in [5, 5.41) is 5.71. The Balaban J connectivity index is 1.98. The Morgan fingerprint density at radius 1 is 1.56 bits per heavy atom. The van der Waals surface area contributed by atoms with Crippen LogP contribution in [0.2, 0.25) is 0 Å². The van der Waals surface area contributed by atoms with Gasteiger partial charge in [0.05, 0.1) is 6.04 Å². The smallest absolute Gasteiger partial charge is 0.270 e. The summed E-state index contributed by atoms with van der Waals surface area (Å²) in [6, 6.07) is 0.192. The maximum absolute atomic E-state index is 12.1. The predicted molar refractivity (Wildman–Crippen MR) is 73.6 cm³/mol. The number of rotatable bonds is 3. The first-order valence-corrected chi connectivity index (χ1v) is 7.47. The number of carbonyl (C=O) groups excluding carboxylic acids is 1. The number of nitrogens with one attached hydrogen (secondary N) is 1. The van der Waals surface area contributed by atoms with Gasteiger partial charge < -0.3 is 11.1 Å². The Labute approximate surface area is 112 Å². The van der Waals surface area contributed by atoms with Crippen molar-refractivity contribution in [3.63, 3.8) is 0 Å². The van der Waals surface area contributed by atoms with Crippen molar-refractivity contribution >= 4 is 17.2 Å². The van der Waals surface area contributed by atoms with Crippen molar-refractivity contribution < 1.29 is 4.79 Å². The van der Waals surface area contributed by atoms with Gasteiger partial charge in [-0.3, -0.25) is 4.79 Å². The fourth-order valence-electron chi connectivity index (χ4n) is 2.37. The van der Waals surface area contributed by atoms with Crippen molar-refractivity contribution in [1.82, 2.24) is 10.3 Å². The molecule has 18 heavy (non-hydrogen) atoms. The van der Waals surface area contributed by atoms with Crippen molar-refractivity contribution in [3.8, 4) is 0 Å². The lowest BCUT2D eigenvalue weighted by atomic mass is 9.86. The van der Waals surface area contributed by atoms with E-state index < -0.39 is 0 Å². The van der Waals surface area contributed by atoms with Gasteiger partial charge >= 0.3 is 0 Å². The molecule has 0 aliphatic heterocycles. The number of carbonyl (C=O) groups is 1. The second-order valence-electron chi connectivity index (χ2n) is 5.20. The average Bonchev–Trinajstić information content (AvgIpc) is 2.81. The van der Waals surface area contributed by atoms with Crippen LogP contribution in [0.4, 0.5) is 0 Å². The summed E-state index contributed by atoms with van der Waals surface area (Å²) in [6.07, 6.45) is 4.76. The molecule has 3 unspecified atom stereocenters. The van der Waals surface area contributed by atoms with Crippen molar-refractivity contribution in [1.29, 1.82) is 0 Å². The molecule has 2 rings (SSSR count). The van der Waals surface area contributed by atoms with Gasteiger partial charge in [0.15, 0.2) is 0 Å². The quantitative estimate of drug-likeness (QED) is 0.884. The van der Waals surface area contributed by atoms with Crippen LogP contribution in [0, 0.1) is 5.92 Å². The van der Waals surface area contributed by atoms with E-state index in [0.717, 1.165) is 11.4 Å². The van der Waals surface area contributed by atoms with Crippen LogP contribution in [0.5, 0.6) is 0 Å². The fraction of sp³-hybridized carbons (Fsp3) is 0.692. The summed E-state index contributed by atoms with van der Waals surface area (Å²) in [5.41, 5.74) is 6.25. The van der Waals surface area contributed by atoms with Gasteiger partial charge in [0.25, 0.3) is 5.91 Å². The summed E-state index contributed by atoms with van der Waals surface area (Å²) in [7, 11) is 0. The molecule has 0 aromatic carbocycles. The summed E-state index contributed by atoms with van der Waals surface area (Å²) in [4.78, 5) is 16.4. The number of amides is 1. The second-order valence-corrected chi connectivity index (χ2v) is 6.09. The fourth-order valence-corrected chi connectivity index (χ4v) is 3.13. The zero-order valence-corrected chi connectivity index (χ0v) is 11.8. The molecule has 1 saturated carbocycles. The highest BCUT2D eigenvalue weighted by atomic mass is 32.1. The summed E-state index contributed by atoms with van der Waals surface area (Å²) >= 11 is 1.45. The lowest BCUT2D eigenvalue weighted by Crippen LogP contribution is -2.41. The number of hydrogen-bond donors (Lipinski definition) is 2. The minimum atomic E-state index is -0.106. The van der Waals surface area contributed by atoms with Crippen LogP contribution in [0.1, 0.15) is 61.1 Å². The van der Waals surface area contributed by atoms with Crippen LogP contribution >= 0.6 is 11.3 Å². The van der Waals surface area contributed by atoms with Crippen LogP contribution in [0.25, 0.3) is 0 Å². The average molecular weight is 267 g/mol. The monoisotopic (exact) mass is 267 g/mol. The molecule has 4 nitrogen and oxygen atoms in total. The first kappa shape index (κ1) is 13.5. The van der Waals surface area contributed by atoms with Crippen LogP contribution in [-0.4, -0.2) is 16.9 Å². The van der Waals surface area contributed by atoms with Gasteiger partial charge in [-0.25, -0.2) is 4.98 Å². The maximum atomic E-state index is 12.1. The standard InChI is InChI=1S/C13H21N3OS/c1-8-5-3-4-6-10(8)15-12(17)11-7-18-13(16-11)9(2)14/h7-10H,3-6,14H2,1-2H3,(H,15,17). The third-order valence-corrected chi connectivity index (χ3v) is 4.62. The molecule has 5 heteroatoms. The molecule has 3 N–H and O–H groups in total. The van der Waals surface area contributed by atoms with Crippen LogP contribution in [0.3, 0.4) is 0 Å². The van der Waals surface area contributed by atoms with E-state index in [1.165, 1.54) is 30.6 Å². The van der Waals surface area contributed by atoms with Crippen LogP contribution in [-0.2, 0) is 0 Å². The molecule has 1 amide bonds. The summed E-state index contributed by atoms with van der Waals surface area (Å²) in [6.45, 7) is 4.09. The number of thiazole rings is 1. The van der Waals surface area contributed by atoms with Crippen molar-refractivity contribution in [3.05, 3.63) is 16.1 Å². The summed E-state index contributed by atoms with van der Waals surface area (Å²) < 4.78 is 0. The normalized spacial score (nSPS) is 25.7. The molecule has 1 aromatic heterocycles. The van der Waals surface area contributed by atoms with E-state index in [1.807, 2.05) is 6.92 Å². The highest BCUT2D eigenvalue weighted by Crippen LogP contribution is 2.24. The number of nitrogens with zero attached hydrogens (tertiary/aromatic N) is 1. The van der Waals surface area contributed by atoms with E-state index in [2.05, 4.69) is 17.2 Å². The Kier molecular flexibility index (Phi) is 4.35. The van der Waals surface area contributed by atoms with Gasteiger partial charge in [-0.05, 0) is 25.7 Å². The maximum Gasteiger partial charge on any atom is 0.270 e. The molecule has 0 spiro atoms. The topological polar surface area (TPSA) is 68.0 Å². The Morgan fingerprint density at radius 2 is 2.28 bits per heavy atom. The summed E-state index contributed by atoms with van der Waals surface area (Å²) in [5.74, 6) is 0.506. The molecule has 1 fully saturated rings. The second kappa shape index (κ2) is 5.80. The molecular weight excluding hydrogens is 246 g/mol. The lowest BCUT2D eigenvalue weighted by molar-refractivity contribution is 0.0905. The van der Waals surface area contributed by atoms with E-state index in [1.54, 1.807) is 5.38 Å². The molecule has 1 aliphatic rings. The van der Waals surface area contributed by atoms with E-state index in [4.69, 9.17) is 5.73 Å². The van der Waals surface area contributed by atoms with Gasteiger partial charge in [0.1, 0.15) is 10.7 Å². The molecular formula is C13H21N3OS. The predicted octanol–water partition coefficient (Wildman–Crippen LogP) is 2.47. The van der Waals surface area contributed by atoms with E-state index in [0.29, 0.717) is 17.7 Å². The van der Waals surface area contributed by atoms with Gasteiger partial charge in [0, 0.05) is 11.4 Å². The van der Waals surface area contributed by atoms with Gasteiger partial charge in [-0.2, -0.15) is 0 Å². The minimum absolute atomic E-state index is 0.0584. The number of nitrogens with two attached hydrogens (primary N) is 1. The van der Waals surface area contributed by atoms with E-state index >= 15 is 0 Å². The molecule has 3 atom stereocenters. The third kappa shape index (κ3) is 3.09. The van der Waals surface area contributed by atoms with E-state index in [9.17, 15) is 4.79 Å². The van der Waals surface area contributed by atoms with E-state index in [-0.39, 0.29) is 11.9 Å². The molecule has 1 heterocycles. The molecule has 0 bridgehead atoms. The first-order chi connectivity index (χ1) is 8.58.